The minimum Gasteiger partial charge on any atom is -0.493 e. The number of aromatic nitrogens is 6. The quantitative estimate of drug-likeness (QED) is 0.606. The number of benzene rings is 1. The summed E-state index contributed by atoms with van der Waals surface area (Å²) in [5.74, 6) is 1.03. The molecular weight excluding hydrogens is 337 g/mol. The molecule has 3 aromatic heterocycles. The fraction of sp³-hybridized carbons (Fsp3) is 0.176. The molecule has 9 heteroatoms. The Morgan fingerprint density at radius 2 is 2.23 bits per heavy atom. The van der Waals surface area contributed by atoms with Gasteiger partial charge in [-0.05, 0) is 12.1 Å². The van der Waals surface area contributed by atoms with Gasteiger partial charge in [-0.25, -0.2) is 18.8 Å². The zero-order valence-corrected chi connectivity index (χ0v) is 13.6. The first-order valence-electron chi connectivity index (χ1n) is 8.15. The van der Waals surface area contributed by atoms with Gasteiger partial charge < -0.3 is 14.6 Å². The first kappa shape index (κ1) is 14.8. The summed E-state index contributed by atoms with van der Waals surface area (Å²) in [4.78, 5) is 8.48. The molecule has 4 aromatic rings. The minimum absolute atomic E-state index is 0.253. The second-order valence-electron chi connectivity index (χ2n) is 5.92. The highest BCUT2D eigenvalue weighted by Crippen LogP contribution is 2.30. The van der Waals surface area contributed by atoms with Gasteiger partial charge in [-0.3, -0.25) is 0 Å². The number of ether oxygens (including phenoxy) is 1. The number of nitrogens with one attached hydrogen (secondary N) is 1. The Balaban J connectivity index is 1.49. The highest BCUT2D eigenvalue weighted by atomic mass is 19.1. The van der Waals surface area contributed by atoms with Crippen LogP contribution >= 0.6 is 0 Å². The Morgan fingerprint density at radius 3 is 3.12 bits per heavy atom. The molecule has 1 aliphatic heterocycles. The molecule has 1 aliphatic rings. The molecule has 1 aromatic carbocycles. The van der Waals surface area contributed by atoms with Crippen LogP contribution in [0.25, 0.3) is 11.3 Å². The van der Waals surface area contributed by atoms with Gasteiger partial charge in [0, 0.05) is 36.5 Å². The van der Waals surface area contributed by atoms with Crippen molar-refractivity contribution < 1.29 is 9.13 Å². The van der Waals surface area contributed by atoms with Crippen LogP contribution in [0.1, 0.15) is 11.1 Å². The van der Waals surface area contributed by atoms with E-state index in [2.05, 4.69) is 25.5 Å². The maximum Gasteiger partial charge on any atom is 0.210 e. The predicted octanol–water partition coefficient (Wildman–Crippen LogP) is 2.00. The van der Waals surface area contributed by atoms with Crippen molar-refractivity contribution in [3.63, 3.8) is 0 Å². The first-order valence-corrected chi connectivity index (χ1v) is 8.15. The topological polar surface area (TPSA) is 82.2 Å². The molecule has 0 bridgehead atoms. The molecular formula is C17H14FN7O. The number of hydrogen-bond acceptors (Lipinski definition) is 6. The van der Waals surface area contributed by atoms with Crippen LogP contribution in [0.2, 0.25) is 0 Å². The van der Waals surface area contributed by atoms with Gasteiger partial charge in [0.15, 0.2) is 5.65 Å². The van der Waals surface area contributed by atoms with Crippen LogP contribution < -0.4 is 10.1 Å². The fourth-order valence-corrected chi connectivity index (χ4v) is 3.20. The van der Waals surface area contributed by atoms with Crippen LogP contribution in [0.3, 0.4) is 0 Å². The standard InChI is InChI=1S/C17H14FN7O/c18-13-1-2-15-11(3-6-26-15)12(13)7-20-17-21-8-14(24-5-4-19-9-24)16-23-22-10-25(16)17/h1-2,4-5,8-10H,3,6-7H2,(H,20,21). The van der Waals surface area contributed by atoms with Gasteiger partial charge in [0.1, 0.15) is 23.6 Å². The van der Waals surface area contributed by atoms with E-state index in [0.717, 1.165) is 17.0 Å². The van der Waals surface area contributed by atoms with Gasteiger partial charge in [0.25, 0.3) is 0 Å². The summed E-state index contributed by atoms with van der Waals surface area (Å²) < 4.78 is 23.3. The molecule has 0 fully saturated rings. The molecule has 0 atom stereocenters. The van der Waals surface area contributed by atoms with Gasteiger partial charge in [-0.2, -0.15) is 0 Å². The lowest BCUT2D eigenvalue weighted by Crippen LogP contribution is -2.10. The van der Waals surface area contributed by atoms with E-state index in [-0.39, 0.29) is 5.82 Å². The van der Waals surface area contributed by atoms with Crippen molar-refractivity contribution in [2.45, 2.75) is 13.0 Å². The molecule has 130 valence electrons. The maximum atomic E-state index is 14.3. The average molecular weight is 351 g/mol. The highest BCUT2D eigenvalue weighted by Gasteiger charge is 2.20. The second kappa shape index (κ2) is 5.80. The molecule has 0 unspecified atom stereocenters. The van der Waals surface area contributed by atoms with Crippen molar-refractivity contribution >= 4 is 11.6 Å². The third kappa shape index (κ3) is 2.28. The van der Waals surface area contributed by atoms with E-state index >= 15 is 0 Å². The lowest BCUT2D eigenvalue weighted by atomic mass is 10.0. The minimum atomic E-state index is -0.253. The molecule has 26 heavy (non-hydrogen) atoms. The van der Waals surface area contributed by atoms with Crippen molar-refractivity contribution in [3.8, 4) is 11.4 Å². The molecule has 0 saturated carbocycles. The van der Waals surface area contributed by atoms with Crippen LogP contribution in [0.15, 0.2) is 43.4 Å². The monoisotopic (exact) mass is 351 g/mol. The number of hydrogen-bond donors (Lipinski definition) is 1. The van der Waals surface area contributed by atoms with E-state index < -0.39 is 0 Å². The Labute approximate surface area is 147 Å². The lowest BCUT2D eigenvalue weighted by Gasteiger charge is -2.12. The van der Waals surface area contributed by atoms with Crippen LogP contribution in [-0.2, 0) is 13.0 Å². The van der Waals surface area contributed by atoms with Crippen LogP contribution in [0.5, 0.6) is 5.75 Å². The Kier molecular flexibility index (Phi) is 3.30. The average Bonchev–Trinajstić information content (AvgIpc) is 3.40. The molecule has 0 amide bonds. The summed E-state index contributed by atoms with van der Waals surface area (Å²) in [5, 5.41) is 11.3. The zero-order valence-electron chi connectivity index (χ0n) is 13.6. The zero-order chi connectivity index (χ0) is 17.5. The summed E-state index contributed by atoms with van der Waals surface area (Å²) in [7, 11) is 0. The normalized spacial score (nSPS) is 13.0. The second-order valence-corrected chi connectivity index (χ2v) is 5.92. The largest absolute Gasteiger partial charge is 0.493 e. The Hall–Kier alpha value is -3.49. The van der Waals surface area contributed by atoms with E-state index in [1.807, 2.05) is 4.57 Å². The summed E-state index contributed by atoms with van der Waals surface area (Å²) in [6.07, 6.45) is 9.12. The molecule has 0 spiro atoms. The van der Waals surface area contributed by atoms with E-state index in [1.54, 1.807) is 41.7 Å². The maximum absolute atomic E-state index is 14.3. The van der Waals surface area contributed by atoms with Crippen LogP contribution in [0, 0.1) is 5.82 Å². The molecule has 0 aliphatic carbocycles. The van der Waals surface area contributed by atoms with E-state index in [9.17, 15) is 4.39 Å². The Bertz CT molecular complexity index is 1090. The van der Waals surface area contributed by atoms with Crippen molar-refractivity contribution in [2.24, 2.45) is 0 Å². The SMILES string of the molecule is Fc1ccc2c(c1CNc1ncc(-n3ccnc3)c3nncn13)CCO2. The molecule has 8 nitrogen and oxygen atoms in total. The van der Waals surface area contributed by atoms with Gasteiger partial charge >= 0.3 is 0 Å². The number of imidazole rings is 1. The van der Waals surface area contributed by atoms with Crippen molar-refractivity contribution in [1.82, 2.24) is 29.1 Å². The number of halogens is 1. The smallest absolute Gasteiger partial charge is 0.210 e. The summed E-state index contributed by atoms with van der Waals surface area (Å²) in [6.45, 7) is 0.877. The van der Waals surface area contributed by atoms with Gasteiger partial charge in [-0.15, -0.1) is 10.2 Å². The van der Waals surface area contributed by atoms with Crippen LogP contribution in [-0.4, -0.2) is 35.7 Å². The number of nitrogens with zero attached hydrogens (tertiary/aromatic N) is 6. The summed E-state index contributed by atoms with van der Waals surface area (Å²) in [6, 6.07) is 3.11. The van der Waals surface area contributed by atoms with Crippen molar-refractivity contribution in [3.05, 3.63) is 60.3 Å². The summed E-state index contributed by atoms with van der Waals surface area (Å²) >= 11 is 0. The molecule has 1 N–H and O–H groups in total. The van der Waals surface area contributed by atoms with Crippen LogP contribution in [0.4, 0.5) is 10.3 Å². The highest BCUT2D eigenvalue weighted by molar-refractivity contribution is 5.60. The number of anilines is 1. The fourth-order valence-electron chi connectivity index (χ4n) is 3.20. The molecule has 5 rings (SSSR count). The predicted molar refractivity (Wildman–Crippen MR) is 90.8 cm³/mol. The number of rotatable bonds is 4. The van der Waals surface area contributed by atoms with E-state index in [1.165, 1.54) is 6.07 Å². The third-order valence-electron chi connectivity index (χ3n) is 4.46. The van der Waals surface area contributed by atoms with E-state index in [4.69, 9.17) is 4.74 Å². The summed E-state index contributed by atoms with van der Waals surface area (Å²) in [5.41, 5.74) is 2.89. The van der Waals surface area contributed by atoms with E-state index in [0.29, 0.717) is 36.7 Å². The van der Waals surface area contributed by atoms with Crippen molar-refractivity contribution in [1.29, 1.82) is 0 Å². The van der Waals surface area contributed by atoms with Gasteiger partial charge in [0.2, 0.25) is 5.95 Å². The lowest BCUT2D eigenvalue weighted by molar-refractivity contribution is 0.356. The van der Waals surface area contributed by atoms with Gasteiger partial charge in [0.05, 0.1) is 19.1 Å². The Morgan fingerprint density at radius 1 is 1.27 bits per heavy atom. The first-order chi connectivity index (χ1) is 12.8. The molecule has 0 saturated heterocycles. The number of fused-ring (bicyclic) bond motifs is 2. The molecule has 0 radical (unpaired) electrons. The third-order valence-corrected chi connectivity index (χ3v) is 4.46. The van der Waals surface area contributed by atoms with Crippen molar-refractivity contribution in [2.75, 3.05) is 11.9 Å². The van der Waals surface area contributed by atoms with Gasteiger partial charge in [-0.1, -0.05) is 0 Å². The molecule has 4 heterocycles.